The minimum absolute atomic E-state index is 0.0539. The van der Waals surface area contributed by atoms with Gasteiger partial charge < -0.3 is 11.1 Å². The van der Waals surface area contributed by atoms with Gasteiger partial charge in [0.2, 0.25) is 5.91 Å². The van der Waals surface area contributed by atoms with Crippen molar-refractivity contribution < 1.29 is 29.2 Å². The van der Waals surface area contributed by atoms with Gasteiger partial charge in [-0.1, -0.05) is 0 Å². The number of carbonyl (C=O) groups excluding carboxylic acids is 3. The molecule has 0 radical (unpaired) electrons. The number of carbonyl (C=O) groups is 3. The molecule has 2 rings (SSSR count). The van der Waals surface area contributed by atoms with Crippen molar-refractivity contribution in [3.8, 4) is 0 Å². The van der Waals surface area contributed by atoms with Crippen LogP contribution in [0.5, 0.6) is 0 Å². The van der Waals surface area contributed by atoms with Crippen LogP contribution in [0.25, 0.3) is 0 Å². The number of hydrogen-bond donors (Lipinski definition) is 4. The molecule has 1 unspecified atom stereocenters. The Labute approximate surface area is 183 Å². The van der Waals surface area contributed by atoms with Gasteiger partial charge in [-0.15, -0.1) is 0 Å². The zero-order chi connectivity index (χ0) is 24.7. The number of nitrogens with one attached hydrogen (secondary N) is 3. The quantitative estimate of drug-likeness (QED) is 0.282. The van der Waals surface area contributed by atoms with Gasteiger partial charge in [-0.3, -0.25) is 55.6 Å². The number of amides is 3. The van der Waals surface area contributed by atoms with Gasteiger partial charge in [0.25, 0.3) is 23.2 Å². The molecule has 2 aromatic rings. The summed E-state index contributed by atoms with van der Waals surface area (Å²) in [6.45, 7) is 0. The van der Waals surface area contributed by atoms with Crippen molar-refractivity contribution in [1.82, 2.24) is 10.7 Å². The molecule has 0 saturated heterocycles. The van der Waals surface area contributed by atoms with Crippen LogP contribution in [0.4, 0.5) is 22.7 Å². The summed E-state index contributed by atoms with van der Waals surface area (Å²) in [5.74, 6) is -2.83. The summed E-state index contributed by atoms with van der Waals surface area (Å²) in [7, 11) is 0. The first-order valence-electron chi connectivity index (χ1n) is 8.82. The van der Waals surface area contributed by atoms with Gasteiger partial charge in [0.1, 0.15) is 11.7 Å². The highest BCUT2D eigenvalue weighted by Crippen LogP contribution is 2.28. The lowest BCUT2D eigenvalue weighted by atomic mass is 10.1. The molecule has 0 aliphatic carbocycles. The zero-order valence-corrected chi connectivity index (χ0v) is 16.4. The fourth-order valence-electron chi connectivity index (χ4n) is 2.49. The summed E-state index contributed by atoms with van der Waals surface area (Å²) in [6, 6.07) is 5.48. The maximum Gasteiger partial charge on any atom is 0.300 e. The Kier molecular flexibility index (Phi) is 7.49. The highest BCUT2D eigenvalue weighted by atomic mass is 16.6. The predicted octanol–water partition coefficient (Wildman–Crippen LogP) is 0.528. The van der Waals surface area contributed by atoms with E-state index in [-0.39, 0.29) is 16.9 Å². The van der Waals surface area contributed by atoms with Crippen LogP contribution in [-0.2, 0) is 9.59 Å². The largest absolute Gasteiger partial charge is 0.370 e. The van der Waals surface area contributed by atoms with Crippen LogP contribution in [0, 0.1) is 30.3 Å². The van der Waals surface area contributed by atoms with Gasteiger partial charge in [0, 0.05) is 23.8 Å². The Balaban J connectivity index is 2.15. The number of anilines is 1. The van der Waals surface area contributed by atoms with E-state index in [9.17, 15) is 44.7 Å². The molecule has 0 fully saturated rings. The van der Waals surface area contributed by atoms with Crippen molar-refractivity contribution in [3.05, 3.63) is 78.4 Å². The predicted molar refractivity (Wildman–Crippen MR) is 110 cm³/mol. The minimum Gasteiger partial charge on any atom is -0.370 e. The molecular weight excluding hydrogens is 446 g/mol. The fraction of sp³-hybridized carbons (Fsp3) is 0.118. The average molecular weight is 461 g/mol. The monoisotopic (exact) mass is 461 g/mol. The lowest BCUT2D eigenvalue weighted by Crippen LogP contribution is -2.50. The minimum atomic E-state index is -1.52. The first-order chi connectivity index (χ1) is 15.5. The Morgan fingerprint density at radius 1 is 0.879 bits per heavy atom. The number of hydrogen-bond acceptors (Lipinski definition) is 10. The van der Waals surface area contributed by atoms with E-state index >= 15 is 0 Å². The van der Waals surface area contributed by atoms with Gasteiger partial charge in [-0.25, -0.2) is 0 Å². The van der Waals surface area contributed by atoms with E-state index in [2.05, 4.69) is 16.2 Å². The Morgan fingerprint density at radius 2 is 1.45 bits per heavy atom. The van der Waals surface area contributed by atoms with Crippen molar-refractivity contribution >= 4 is 40.5 Å². The number of nitrogens with two attached hydrogens (primary N) is 1. The maximum absolute atomic E-state index is 12.5. The Bertz CT molecular complexity index is 1130. The van der Waals surface area contributed by atoms with Gasteiger partial charge in [0.15, 0.2) is 0 Å². The van der Waals surface area contributed by atoms with E-state index in [0.29, 0.717) is 6.07 Å². The van der Waals surface area contributed by atoms with E-state index in [1.807, 2.05) is 0 Å². The number of rotatable bonds is 10. The molecule has 0 aromatic heterocycles. The third kappa shape index (κ3) is 6.41. The molecule has 0 spiro atoms. The lowest BCUT2D eigenvalue weighted by molar-refractivity contribution is -0.393. The molecule has 0 aliphatic heterocycles. The smallest absolute Gasteiger partial charge is 0.300 e. The number of non-ortho nitro benzene ring substituents is 2. The van der Waals surface area contributed by atoms with Crippen LogP contribution < -0.4 is 21.9 Å². The van der Waals surface area contributed by atoms with Gasteiger partial charge >= 0.3 is 5.69 Å². The number of benzene rings is 2. The Morgan fingerprint density at radius 3 is 1.97 bits per heavy atom. The Hall–Kier alpha value is -5.15. The van der Waals surface area contributed by atoms with Crippen molar-refractivity contribution in [2.24, 2.45) is 5.73 Å². The highest BCUT2D eigenvalue weighted by Gasteiger charge is 2.25. The standard InChI is InChI=1S/C17H15N7O9/c18-15(25)8-13(19-16(26)9-1-3-10(4-2-9)22(28)29)17(27)21-20-12-6-5-11(23(30)31)7-14(12)24(32)33/h1-7,13,20H,8H2,(H2,18,25)(H,19,26)(H,21,27). The molecule has 16 nitrogen and oxygen atoms in total. The summed E-state index contributed by atoms with van der Waals surface area (Å²) in [5.41, 5.74) is 7.45. The van der Waals surface area contributed by atoms with Crippen molar-refractivity contribution in [2.75, 3.05) is 5.43 Å². The van der Waals surface area contributed by atoms with Crippen LogP contribution in [0.15, 0.2) is 42.5 Å². The number of nitro benzene ring substituents is 3. The number of nitrogens with zero attached hydrogens (tertiary/aromatic N) is 3. The van der Waals surface area contributed by atoms with E-state index in [4.69, 9.17) is 5.73 Å². The second kappa shape index (κ2) is 10.2. The first kappa shape index (κ1) is 24.1. The molecule has 33 heavy (non-hydrogen) atoms. The molecular formula is C17H15N7O9. The number of hydrazine groups is 1. The molecule has 0 heterocycles. The molecule has 0 bridgehead atoms. The fourth-order valence-corrected chi connectivity index (χ4v) is 2.49. The second-order valence-electron chi connectivity index (χ2n) is 6.33. The summed E-state index contributed by atoms with van der Waals surface area (Å²) in [6.07, 6.45) is -0.644. The topological polar surface area (TPSA) is 243 Å². The summed E-state index contributed by atoms with van der Waals surface area (Å²) in [5, 5.41) is 34.9. The molecule has 2 aromatic carbocycles. The van der Waals surface area contributed by atoms with Crippen LogP contribution in [0.3, 0.4) is 0 Å². The number of nitro groups is 3. The molecule has 0 aliphatic rings. The lowest BCUT2D eigenvalue weighted by Gasteiger charge is -2.18. The summed E-state index contributed by atoms with van der Waals surface area (Å²) >= 11 is 0. The highest BCUT2D eigenvalue weighted by molar-refractivity contribution is 5.99. The van der Waals surface area contributed by atoms with Crippen molar-refractivity contribution in [2.45, 2.75) is 12.5 Å². The van der Waals surface area contributed by atoms with Gasteiger partial charge in [0.05, 0.1) is 27.3 Å². The molecule has 16 heteroatoms. The summed E-state index contributed by atoms with van der Waals surface area (Å²) < 4.78 is 0. The normalized spacial score (nSPS) is 11.0. The summed E-state index contributed by atoms with van der Waals surface area (Å²) in [4.78, 5) is 66.3. The van der Waals surface area contributed by atoms with E-state index in [1.165, 1.54) is 0 Å². The van der Waals surface area contributed by atoms with Crippen LogP contribution >= 0.6 is 0 Å². The molecule has 3 amide bonds. The molecule has 0 saturated carbocycles. The van der Waals surface area contributed by atoms with Gasteiger partial charge in [-0.05, 0) is 18.2 Å². The second-order valence-corrected chi connectivity index (χ2v) is 6.33. The average Bonchev–Trinajstić information content (AvgIpc) is 2.76. The molecule has 1 atom stereocenters. The van der Waals surface area contributed by atoms with Crippen molar-refractivity contribution in [3.63, 3.8) is 0 Å². The third-order valence-corrected chi connectivity index (χ3v) is 4.08. The SMILES string of the molecule is NC(=O)CC(NC(=O)c1ccc([N+](=O)[O-])cc1)C(=O)NNc1ccc([N+](=O)[O-])cc1[N+](=O)[O-]. The van der Waals surface area contributed by atoms with E-state index in [1.54, 1.807) is 0 Å². The first-order valence-corrected chi connectivity index (χ1v) is 8.82. The molecule has 172 valence electrons. The van der Waals surface area contributed by atoms with E-state index < -0.39 is 56.3 Å². The van der Waals surface area contributed by atoms with Crippen molar-refractivity contribution in [1.29, 1.82) is 0 Å². The van der Waals surface area contributed by atoms with Crippen LogP contribution in [0.1, 0.15) is 16.8 Å². The van der Waals surface area contributed by atoms with Crippen LogP contribution in [-0.4, -0.2) is 38.5 Å². The number of primary amides is 1. The van der Waals surface area contributed by atoms with Crippen LogP contribution in [0.2, 0.25) is 0 Å². The molecule has 5 N–H and O–H groups in total. The third-order valence-electron chi connectivity index (χ3n) is 4.08. The van der Waals surface area contributed by atoms with Gasteiger partial charge in [-0.2, -0.15) is 0 Å². The maximum atomic E-state index is 12.5. The zero-order valence-electron chi connectivity index (χ0n) is 16.4. The van der Waals surface area contributed by atoms with E-state index in [0.717, 1.165) is 36.4 Å².